The highest BCUT2D eigenvalue weighted by Crippen LogP contribution is 2.40. The summed E-state index contributed by atoms with van der Waals surface area (Å²) >= 11 is 0. The maximum atomic E-state index is 12.9. The maximum absolute atomic E-state index is 12.9. The smallest absolute Gasteiger partial charge is 0.344 e. The molecule has 1 aliphatic carbocycles. The van der Waals surface area contributed by atoms with E-state index in [1.165, 1.54) is 4.90 Å². The first-order chi connectivity index (χ1) is 14.9. The quantitative estimate of drug-likeness (QED) is 0.596. The molecule has 2 rings (SSSR count). The Morgan fingerprint density at radius 1 is 1.23 bits per heavy atom. The van der Waals surface area contributed by atoms with Crippen LogP contribution < -0.4 is 0 Å². The molecule has 0 radical (unpaired) electrons. The SMILES string of the molecule is [2H]C([2H])([2H])CN(CC#CCOC(=O)[C@](O)(c1ccccc1)C1CCCCC1)CC([2H])([2H])[2H]. The summed E-state index contributed by atoms with van der Waals surface area (Å²) in [5.41, 5.74) is -1.26. The summed E-state index contributed by atoms with van der Waals surface area (Å²) in [7, 11) is 0. The van der Waals surface area contributed by atoms with Gasteiger partial charge < -0.3 is 9.84 Å². The van der Waals surface area contributed by atoms with Gasteiger partial charge in [0.2, 0.25) is 0 Å². The van der Waals surface area contributed by atoms with Crippen LogP contribution >= 0.6 is 0 Å². The van der Waals surface area contributed by atoms with E-state index in [9.17, 15) is 9.90 Å². The lowest BCUT2D eigenvalue weighted by Crippen LogP contribution is -2.45. The van der Waals surface area contributed by atoms with Gasteiger partial charge in [0.25, 0.3) is 0 Å². The van der Waals surface area contributed by atoms with Gasteiger partial charge >= 0.3 is 5.97 Å². The highest BCUT2D eigenvalue weighted by molar-refractivity contribution is 5.81. The zero-order chi connectivity index (χ0) is 23.8. The number of benzene rings is 1. The number of esters is 1. The van der Waals surface area contributed by atoms with Crippen LogP contribution in [-0.2, 0) is 15.1 Å². The van der Waals surface area contributed by atoms with Crippen LogP contribution in [0.4, 0.5) is 0 Å². The molecule has 1 aromatic rings. The Labute approximate surface area is 166 Å². The zero-order valence-electron chi connectivity index (χ0n) is 21.0. The molecule has 1 N–H and O–H groups in total. The standard InChI is InChI=1S/C22H31NO3/c1-3-23(4-2)17-11-12-18-26-21(24)22(25,19-13-7-5-8-14-19)20-15-9-6-10-16-20/h5,7-8,13-14,20,25H,3-4,6,9-10,15-18H2,1-2H3/t22-/m0/s1/i1D3,2D3. The van der Waals surface area contributed by atoms with E-state index in [0.29, 0.717) is 5.56 Å². The van der Waals surface area contributed by atoms with Crippen molar-refractivity contribution in [2.45, 2.75) is 51.4 Å². The van der Waals surface area contributed by atoms with E-state index in [1.54, 1.807) is 24.3 Å². The fourth-order valence-electron chi connectivity index (χ4n) is 3.33. The van der Waals surface area contributed by atoms with Crippen LogP contribution in [-0.4, -0.2) is 42.2 Å². The minimum atomic E-state index is -2.31. The average molecular weight is 364 g/mol. The molecule has 0 saturated heterocycles. The molecule has 0 spiro atoms. The predicted molar refractivity (Wildman–Crippen MR) is 103 cm³/mol. The van der Waals surface area contributed by atoms with Crippen molar-refractivity contribution in [2.24, 2.45) is 5.92 Å². The number of aliphatic hydroxyl groups is 1. The molecule has 0 aliphatic heterocycles. The third-order valence-electron chi connectivity index (χ3n) is 4.87. The zero-order valence-corrected chi connectivity index (χ0v) is 15.0. The molecule has 142 valence electrons. The van der Waals surface area contributed by atoms with Crippen LogP contribution in [0.3, 0.4) is 0 Å². The lowest BCUT2D eigenvalue weighted by atomic mass is 9.73. The number of hydrogen-bond acceptors (Lipinski definition) is 4. The number of rotatable bonds is 7. The Balaban J connectivity index is 2.03. The molecular weight excluding hydrogens is 326 g/mol. The van der Waals surface area contributed by atoms with E-state index < -0.39 is 38.4 Å². The molecule has 0 amide bonds. The van der Waals surface area contributed by atoms with Crippen molar-refractivity contribution in [2.75, 3.05) is 26.2 Å². The van der Waals surface area contributed by atoms with E-state index >= 15 is 0 Å². The summed E-state index contributed by atoms with van der Waals surface area (Å²) in [4.78, 5) is 14.2. The fraction of sp³-hybridized carbons (Fsp3) is 0.591. The van der Waals surface area contributed by atoms with Gasteiger partial charge in [0.05, 0.1) is 6.54 Å². The molecule has 1 fully saturated rings. The predicted octanol–water partition coefficient (Wildman–Crippen LogP) is 3.34. The Morgan fingerprint density at radius 2 is 1.92 bits per heavy atom. The van der Waals surface area contributed by atoms with Crippen molar-refractivity contribution < 1.29 is 22.9 Å². The fourth-order valence-corrected chi connectivity index (χ4v) is 3.33. The van der Waals surface area contributed by atoms with Crippen molar-refractivity contribution in [3.63, 3.8) is 0 Å². The van der Waals surface area contributed by atoms with Gasteiger partial charge in [-0.25, -0.2) is 4.79 Å². The van der Waals surface area contributed by atoms with Crippen LogP contribution in [0.25, 0.3) is 0 Å². The van der Waals surface area contributed by atoms with E-state index in [4.69, 9.17) is 13.0 Å². The maximum Gasteiger partial charge on any atom is 0.344 e. The Bertz CT molecular complexity index is 778. The lowest BCUT2D eigenvalue weighted by molar-refractivity contribution is -0.174. The molecule has 26 heavy (non-hydrogen) atoms. The molecular formula is C22H31NO3. The molecule has 0 aromatic heterocycles. The molecule has 4 nitrogen and oxygen atoms in total. The molecule has 0 heterocycles. The van der Waals surface area contributed by atoms with Crippen LogP contribution in [0.5, 0.6) is 0 Å². The summed E-state index contributed by atoms with van der Waals surface area (Å²) in [6, 6.07) is 8.76. The van der Waals surface area contributed by atoms with Crippen LogP contribution in [0, 0.1) is 17.8 Å². The van der Waals surface area contributed by atoms with Crippen LogP contribution in [0.2, 0.25) is 0 Å². The summed E-state index contributed by atoms with van der Waals surface area (Å²) < 4.78 is 49.4. The van der Waals surface area contributed by atoms with Gasteiger partial charge in [-0.05, 0) is 31.5 Å². The molecule has 4 heteroatoms. The minimum absolute atomic E-state index is 0.0834. The number of carbonyl (C=O) groups excluding carboxylic acids is 1. The third-order valence-corrected chi connectivity index (χ3v) is 4.87. The second-order valence-electron chi connectivity index (χ2n) is 6.54. The van der Waals surface area contributed by atoms with E-state index in [-0.39, 0.29) is 19.1 Å². The molecule has 1 aliphatic rings. The van der Waals surface area contributed by atoms with Gasteiger partial charge in [-0.15, -0.1) is 0 Å². The van der Waals surface area contributed by atoms with Gasteiger partial charge in [0.1, 0.15) is 0 Å². The summed E-state index contributed by atoms with van der Waals surface area (Å²) in [6.07, 6.45) is 4.41. The molecule has 1 atom stereocenters. The van der Waals surface area contributed by atoms with Gasteiger partial charge in [-0.1, -0.05) is 75.1 Å². The lowest BCUT2D eigenvalue weighted by Gasteiger charge is -2.36. The second-order valence-corrected chi connectivity index (χ2v) is 6.54. The van der Waals surface area contributed by atoms with E-state index in [1.807, 2.05) is 6.07 Å². The van der Waals surface area contributed by atoms with Crippen LogP contribution in [0.15, 0.2) is 30.3 Å². The molecule has 0 unspecified atom stereocenters. The monoisotopic (exact) mass is 363 g/mol. The normalized spacial score (nSPS) is 21.6. The van der Waals surface area contributed by atoms with Gasteiger partial charge in [-0.3, -0.25) is 4.90 Å². The molecule has 1 saturated carbocycles. The van der Waals surface area contributed by atoms with E-state index in [0.717, 1.165) is 32.1 Å². The van der Waals surface area contributed by atoms with Crippen molar-refractivity contribution in [3.8, 4) is 11.8 Å². The second kappa shape index (κ2) is 10.4. The van der Waals surface area contributed by atoms with Crippen LogP contribution in [0.1, 0.15) is 59.6 Å². The first-order valence-corrected chi connectivity index (χ1v) is 9.05. The van der Waals surface area contributed by atoms with Gasteiger partial charge in [0.15, 0.2) is 12.2 Å². The summed E-state index contributed by atoms with van der Waals surface area (Å²) in [5, 5.41) is 11.4. The highest BCUT2D eigenvalue weighted by Gasteiger charge is 2.46. The van der Waals surface area contributed by atoms with Gasteiger partial charge in [0, 0.05) is 14.1 Å². The largest absolute Gasteiger partial charge is 0.450 e. The van der Waals surface area contributed by atoms with Crippen molar-refractivity contribution in [1.29, 1.82) is 0 Å². The number of hydrogen-bond donors (Lipinski definition) is 1. The summed E-state index contributed by atoms with van der Waals surface area (Å²) in [5.74, 6) is 4.31. The van der Waals surface area contributed by atoms with Crippen molar-refractivity contribution >= 4 is 5.97 Å². The topological polar surface area (TPSA) is 49.8 Å². The van der Waals surface area contributed by atoms with Crippen molar-refractivity contribution in [3.05, 3.63) is 35.9 Å². The molecule has 0 bridgehead atoms. The molecule has 1 aromatic carbocycles. The van der Waals surface area contributed by atoms with Crippen molar-refractivity contribution in [1.82, 2.24) is 4.90 Å². The Hall–Kier alpha value is -1.83. The number of ether oxygens (including phenoxy) is 1. The van der Waals surface area contributed by atoms with E-state index in [2.05, 4.69) is 11.8 Å². The Kier molecular flexibility index (Phi) is 5.32. The Morgan fingerprint density at radius 3 is 2.58 bits per heavy atom. The number of carbonyl (C=O) groups is 1. The first-order valence-electron chi connectivity index (χ1n) is 12.0. The number of nitrogens with zero attached hydrogens (tertiary/aromatic N) is 1. The minimum Gasteiger partial charge on any atom is -0.450 e. The average Bonchev–Trinajstić information content (AvgIpc) is 2.71. The first kappa shape index (κ1) is 13.4. The van der Waals surface area contributed by atoms with Gasteiger partial charge in [-0.2, -0.15) is 0 Å². The summed E-state index contributed by atoms with van der Waals surface area (Å²) in [6.45, 7) is -5.81. The highest BCUT2D eigenvalue weighted by atomic mass is 16.5. The third kappa shape index (κ3) is 5.09.